The van der Waals surface area contributed by atoms with Crippen LogP contribution >= 0.6 is 11.6 Å². The number of carbonyl (C=O) groups excluding carboxylic acids is 2. The first-order valence-electron chi connectivity index (χ1n) is 8.36. The van der Waals surface area contributed by atoms with Crippen molar-refractivity contribution >= 4 is 39.9 Å². The molecule has 4 rings (SSSR count). The molecule has 3 aromatic carbocycles. The van der Waals surface area contributed by atoms with Crippen LogP contribution < -0.4 is 4.90 Å². The van der Waals surface area contributed by atoms with E-state index in [1.807, 2.05) is 48.5 Å². The minimum atomic E-state index is -0.120. The van der Waals surface area contributed by atoms with E-state index in [0.717, 1.165) is 22.0 Å². The molecule has 0 spiro atoms. The van der Waals surface area contributed by atoms with E-state index in [4.69, 9.17) is 11.6 Å². The molecule has 1 aliphatic rings. The largest absolute Gasteiger partial charge is 0.340 e. The first kappa shape index (κ1) is 16.6. The third-order valence-corrected chi connectivity index (χ3v) is 4.95. The van der Waals surface area contributed by atoms with Crippen LogP contribution in [0, 0.1) is 0 Å². The molecule has 1 aliphatic heterocycles. The van der Waals surface area contributed by atoms with Crippen molar-refractivity contribution in [1.29, 1.82) is 0 Å². The molecule has 0 atom stereocenters. The van der Waals surface area contributed by atoms with E-state index in [1.54, 1.807) is 29.0 Å². The molecule has 0 fully saturated rings. The number of carbonyl (C=O) groups is 2. The Morgan fingerprint density at radius 2 is 1.73 bits per heavy atom. The van der Waals surface area contributed by atoms with Crippen LogP contribution in [0.3, 0.4) is 0 Å². The van der Waals surface area contributed by atoms with Crippen LogP contribution in [0.1, 0.15) is 15.9 Å². The molecule has 0 N–H and O–H groups in total. The Morgan fingerprint density at radius 3 is 2.46 bits per heavy atom. The lowest BCUT2D eigenvalue weighted by Gasteiger charge is -2.22. The SMILES string of the molecule is CN(Cc1ccc(Cl)cc1)C(=O)CN1C(=O)c2cccc3cccc1c23. The maximum Gasteiger partial charge on any atom is 0.259 e. The van der Waals surface area contributed by atoms with Crippen molar-refractivity contribution in [2.24, 2.45) is 0 Å². The Balaban J connectivity index is 1.54. The first-order chi connectivity index (χ1) is 12.5. The first-order valence-corrected chi connectivity index (χ1v) is 8.74. The Morgan fingerprint density at radius 1 is 1.04 bits per heavy atom. The van der Waals surface area contributed by atoms with E-state index in [9.17, 15) is 9.59 Å². The average molecular weight is 365 g/mol. The number of hydrogen-bond donors (Lipinski definition) is 0. The Bertz CT molecular complexity index is 1010. The van der Waals surface area contributed by atoms with E-state index in [1.165, 1.54) is 0 Å². The van der Waals surface area contributed by atoms with Gasteiger partial charge in [0, 0.05) is 29.6 Å². The molecule has 130 valence electrons. The van der Waals surface area contributed by atoms with Crippen molar-refractivity contribution in [2.45, 2.75) is 6.54 Å². The number of amides is 2. The highest BCUT2D eigenvalue weighted by Crippen LogP contribution is 2.36. The Labute approximate surface area is 156 Å². The second-order valence-corrected chi connectivity index (χ2v) is 6.88. The zero-order valence-electron chi connectivity index (χ0n) is 14.3. The maximum absolute atomic E-state index is 12.8. The third-order valence-electron chi connectivity index (χ3n) is 4.70. The van der Waals surface area contributed by atoms with Gasteiger partial charge in [0.2, 0.25) is 5.91 Å². The minimum absolute atomic E-state index is 0.0245. The van der Waals surface area contributed by atoms with Crippen molar-refractivity contribution < 1.29 is 9.59 Å². The summed E-state index contributed by atoms with van der Waals surface area (Å²) in [4.78, 5) is 28.7. The van der Waals surface area contributed by atoms with Crippen molar-refractivity contribution in [3.63, 3.8) is 0 Å². The standard InChI is InChI=1S/C21H17ClN2O2/c1-23(12-14-8-10-16(22)11-9-14)19(25)13-24-18-7-3-5-15-4-2-6-17(20(15)18)21(24)26/h2-11H,12-13H2,1H3. The van der Waals surface area contributed by atoms with Crippen LogP contribution in [-0.4, -0.2) is 30.3 Å². The van der Waals surface area contributed by atoms with Crippen molar-refractivity contribution in [3.8, 4) is 0 Å². The Kier molecular flexibility index (Phi) is 4.13. The van der Waals surface area contributed by atoms with Crippen molar-refractivity contribution in [2.75, 3.05) is 18.5 Å². The lowest BCUT2D eigenvalue weighted by atomic mass is 10.1. The fourth-order valence-corrected chi connectivity index (χ4v) is 3.47. The molecule has 0 radical (unpaired) electrons. The molecule has 4 nitrogen and oxygen atoms in total. The summed E-state index contributed by atoms with van der Waals surface area (Å²) in [6.45, 7) is 0.492. The minimum Gasteiger partial charge on any atom is -0.340 e. The molecule has 3 aromatic rings. The lowest BCUT2D eigenvalue weighted by Crippen LogP contribution is -2.39. The molecule has 0 unspecified atom stereocenters. The number of likely N-dealkylation sites (N-methyl/N-ethyl adjacent to an activating group) is 1. The van der Waals surface area contributed by atoms with Crippen LogP contribution in [0.2, 0.25) is 5.02 Å². The van der Waals surface area contributed by atoms with Crippen LogP contribution in [0.15, 0.2) is 60.7 Å². The van der Waals surface area contributed by atoms with Gasteiger partial charge in [-0.3, -0.25) is 14.5 Å². The summed E-state index contributed by atoms with van der Waals surface area (Å²) in [5.41, 5.74) is 2.45. The summed E-state index contributed by atoms with van der Waals surface area (Å²) in [6.07, 6.45) is 0. The molecule has 0 saturated carbocycles. The van der Waals surface area contributed by atoms with Gasteiger partial charge in [0.15, 0.2) is 0 Å². The summed E-state index contributed by atoms with van der Waals surface area (Å²) in [5.74, 6) is -0.233. The highest BCUT2D eigenvalue weighted by Gasteiger charge is 2.31. The predicted octanol–water partition coefficient (Wildman–Crippen LogP) is 4.11. The number of anilines is 1. The molecule has 1 heterocycles. The molecule has 0 bridgehead atoms. The fourth-order valence-electron chi connectivity index (χ4n) is 3.34. The number of halogens is 1. The predicted molar refractivity (Wildman–Crippen MR) is 104 cm³/mol. The number of rotatable bonds is 4. The van der Waals surface area contributed by atoms with Gasteiger partial charge in [0.05, 0.1) is 5.69 Å². The van der Waals surface area contributed by atoms with Crippen molar-refractivity contribution in [3.05, 3.63) is 76.8 Å². The van der Waals surface area contributed by atoms with Gasteiger partial charge in [0.1, 0.15) is 6.54 Å². The van der Waals surface area contributed by atoms with Gasteiger partial charge in [-0.2, -0.15) is 0 Å². The van der Waals surface area contributed by atoms with Gasteiger partial charge in [-0.05, 0) is 35.2 Å². The normalized spacial score (nSPS) is 12.7. The summed E-state index contributed by atoms with van der Waals surface area (Å²) in [7, 11) is 1.74. The zero-order valence-corrected chi connectivity index (χ0v) is 15.0. The second kappa shape index (κ2) is 6.46. The zero-order chi connectivity index (χ0) is 18.3. The van der Waals surface area contributed by atoms with E-state index in [2.05, 4.69) is 0 Å². The molecule has 26 heavy (non-hydrogen) atoms. The summed E-state index contributed by atoms with van der Waals surface area (Å²) >= 11 is 5.90. The van der Waals surface area contributed by atoms with Gasteiger partial charge >= 0.3 is 0 Å². The molecule has 0 aliphatic carbocycles. The number of hydrogen-bond acceptors (Lipinski definition) is 2. The van der Waals surface area contributed by atoms with Crippen LogP contribution in [0.5, 0.6) is 0 Å². The average Bonchev–Trinajstić information content (AvgIpc) is 2.92. The topological polar surface area (TPSA) is 40.6 Å². The summed E-state index contributed by atoms with van der Waals surface area (Å²) < 4.78 is 0. The highest BCUT2D eigenvalue weighted by molar-refractivity contribution is 6.30. The Hall–Kier alpha value is -2.85. The quantitative estimate of drug-likeness (QED) is 0.699. The lowest BCUT2D eigenvalue weighted by molar-refractivity contribution is -0.128. The van der Waals surface area contributed by atoms with E-state index in [0.29, 0.717) is 17.1 Å². The number of nitrogens with zero attached hydrogens (tertiary/aromatic N) is 2. The molecule has 0 saturated heterocycles. The fraction of sp³-hybridized carbons (Fsp3) is 0.143. The summed E-state index contributed by atoms with van der Waals surface area (Å²) in [6, 6.07) is 18.8. The second-order valence-electron chi connectivity index (χ2n) is 6.45. The monoisotopic (exact) mass is 364 g/mol. The summed E-state index contributed by atoms with van der Waals surface area (Å²) in [5, 5.41) is 2.60. The molecular formula is C21H17ClN2O2. The van der Waals surface area contributed by atoms with Gasteiger partial charge in [0.25, 0.3) is 5.91 Å². The smallest absolute Gasteiger partial charge is 0.259 e. The van der Waals surface area contributed by atoms with E-state index in [-0.39, 0.29) is 18.4 Å². The number of benzene rings is 3. The van der Waals surface area contributed by atoms with Crippen LogP contribution in [0.4, 0.5) is 5.69 Å². The van der Waals surface area contributed by atoms with E-state index < -0.39 is 0 Å². The third kappa shape index (κ3) is 2.82. The van der Waals surface area contributed by atoms with Gasteiger partial charge < -0.3 is 4.90 Å². The van der Waals surface area contributed by atoms with Crippen molar-refractivity contribution in [1.82, 2.24) is 4.90 Å². The highest BCUT2D eigenvalue weighted by atomic mass is 35.5. The van der Waals surface area contributed by atoms with Gasteiger partial charge in [-0.1, -0.05) is 48.0 Å². The molecule has 2 amide bonds. The maximum atomic E-state index is 12.8. The molecule has 0 aromatic heterocycles. The molecular weight excluding hydrogens is 348 g/mol. The molecule has 5 heteroatoms. The van der Waals surface area contributed by atoms with Gasteiger partial charge in [-0.25, -0.2) is 0 Å². The van der Waals surface area contributed by atoms with Crippen LogP contribution in [0.25, 0.3) is 10.8 Å². The van der Waals surface area contributed by atoms with E-state index >= 15 is 0 Å². The van der Waals surface area contributed by atoms with Crippen LogP contribution in [-0.2, 0) is 11.3 Å². The van der Waals surface area contributed by atoms with Gasteiger partial charge in [-0.15, -0.1) is 0 Å².